The summed E-state index contributed by atoms with van der Waals surface area (Å²) in [6, 6.07) is 6.12. The van der Waals surface area contributed by atoms with Crippen LogP contribution in [0.2, 0.25) is 0 Å². The van der Waals surface area contributed by atoms with E-state index in [1.54, 1.807) is 13.0 Å². The first kappa shape index (κ1) is 23.3. The van der Waals surface area contributed by atoms with E-state index in [-0.39, 0.29) is 30.4 Å². The lowest BCUT2D eigenvalue weighted by Gasteiger charge is -2.30. The van der Waals surface area contributed by atoms with Crippen molar-refractivity contribution in [2.45, 2.75) is 25.6 Å². The summed E-state index contributed by atoms with van der Waals surface area (Å²) in [4.78, 5) is 30.7. The predicted octanol–water partition coefficient (Wildman–Crippen LogP) is 3.36. The Labute approximate surface area is 182 Å². The highest BCUT2D eigenvalue weighted by atomic mass is 19.4. The number of carbonyl (C=O) groups is 2. The zero-order chi connectivity index (χ0) is 23.5. The van der Waals surface area contributed by atoms with Crippen molar-refractivity contribution >= 4 is 23.4 Å². The standard InChI is InChI=1S/C21H23F3N4O4/c1-12-8-15-18(27-19(12)32-3)28(10-17(29)25-15)20(30)26-16(11-31-2)14-6-4-13(5-7-14)9-21(22,23)24/h4-8,16H,9-11H2,1-3H3,(H,25,29)(H,26,30). The van der Waals surface area contributed by atoms with Crippen LogP contribution < -0.4 is 20.3 Å². The first-order valence-corrected chi connectivity index (χ1v) is 9.69. The maximum Gasteiger partial charge on any atom is 0.393 e. The largest absolute Gasteiger partial charge is 0.481 e. The predicted molar refractivity (Wildman–Crippen MR) is 111 cm³/mol. The molecular formula is C21H23F3N4O4. The molecule has 2 heterocycles. The van der Waals surface area contributed by atoms with E-state index < -0.39 is 24.7 Å². The number of ether oxygens (including phenoxy) is 2. The van der Waals surface area contributed by atoms with Gasteiger partial charge in [-0.1, -0.05) is 24.3 Å². The fourth-order valence-corrected chi connectivity index (χ4v) is 3.38. The monoisotopic (exact) mass is 452 g/mol. The van der Waals surface area contributed by atoms with Crippen molar-refractivity contribution in [1.29, 1.82) is 0 Å². The Balaban J connectivity index is 1.83. The Morgan fingerprint density at radius 2 is 1.97 bits per heavy atom. The Morgan fingerprint density at radius 3 is 2.56 bits per heavy atom. The SMILES string of the molecule is COCC(NC(=O)N1CC(=O)Nc2cc(C)c(OC)nc21)c1ccc(CC(F)(F)F)cc1. The number of aryl methyl sites for hydroxylation is 1. The van der Waals surface area contributed by atoms with Crippen molar-refractivity contribution in [2.75, 3.05) is 37.6 Å². The van der Waals surface area contributed by atoms with Crippen molar-refractivity contribution < 1.29 is 32.2 Å². The van der Waals surface area contributed by atoms with E-state index in [1.165, 1.54) is 43.4 Å². The lowest BCUT2D eigenvalue weighted by Crippen LogP contribution is -2.49. The minimum atomic E-state index is -4.31. The highest BCUT2D eigenvalue weighted by molar-refractivity contribution is 6.08. The Kier molecular flexibility index (Phi) is 6.87. The van der Waals surface area contributed by atoms with Crippen molar-refractivity contribution in [3.05, 3.63) is 47.0 Å². The molecule has 2 aromatic rings. The average molecular weight is 452 g/mol. The molecule has 0 fully saturated rings. The van der Waals surface area contributed by atoms with E-state index in [4.69, 9.17) is 9.47 Å². The Hall–Kier alpha value is -3.34. The molecule has 2 N–H and O–H groups in total. The van der Waals surface area contributed by atoms with Gasteiger partial charge in [0.15, 0.2) is 5.82 Å². The number of anilines is 2. The number of methoxy groups -OCH3 is 2. The summed E-state index contributed by atoms with van der Waals surface area (Å²) in [7, 11) is 2.89. The first-order valence-electron chi connectivity index (χ1n) is 9.69. The third kappa shape index (κ3) is 5.47. The minimum Gasteiger partial charge on any atom is -0.481 e. The molecule has 0 aliphatic carbocycles. The molecule has 0 spiro atoms. The average Bonchev–Trinajstić information content (AvgIpc) is 2.71. The second kappa shape index (κ2) is 9.43. The molecular weight excluding hydrogens is 429 g/mol. The van der Waals surface area contributed by atoms with E-state index in [2.05, 4.69) is 15.6 Å². The van der Waals surface area contributed by atoms with Gasteiger partial charge in [0.1, 0.15) is 6.54 Å². The number of halogens is 3. The zero-order valence-electron chi connectivity index (χ0n) is 17.7. The second-order valence-electron chi connectivity index (χ2n) is 7.31. The molecule has 1 aliphatic heterocycles. The molecule has 1 aromatic heterocycles. The van der Waals surface area contributed by atoms with Crippen LogP contribution in [0.5, 0.6) is 5.88 Å². The van der Waals surface area contributed by atoms with E-state index in [1.807, 2.05) is 0 Å². The van der Waals surface area contributed by atoms with E-state index in [0.29, 0.717) is 22.7 Å². The number of rotatable bonds is 6. The number of urea groups is 1. The van der Waals surface area contributed by atoms with Gasteiger partial charge in [-0.2, -0.15) is 18.2 Å². The molecule has 0 saturated carbocycles. The maximum atomic E-state index is 13.1. The van der Waals surface area contributed by atoms with Crippen molar-refractivity contribution in [3.8, 4) is 5.88 Å². The number of carbonyl (C=O) groups excluding carboxylic acids is 2. The van der Waals surface area contributed by atoms with Gasteiger partial charge in [-0.25, -0.2) is 4.79 Å². The molecule has 172 valence electrons. The van der Waals surface area contributed by atoms with Gasteiger partial charge in [0.05, 0.1) is 31.9 Å². The maximum absolute atomic E-state index is 13.1. The van der Waals surface area contributed by atoms with Crippen LogP contribution in [0.4, 0.5) is 29.5 Å². The molecule has 1 aromatic carbocycles. The van der Waals surface area contributed by atoms with Gasteiger partial charge in [0.2, 0.25) is 11.8 Å². The quantitative estimate of drug-likeness (QED) is 0.701. The zero-order valence-corrected chi connectivity index (χ0v) is 17.7. The number of nitrogens with one attached hydrogen (secondary N) is 2. The summed E-state index contributed by atoms with van der Waals surface area (Å²) in [6.07, 6.45) is -5.35. The number of nitrogens with zero attached hydrogens (tertiary/aromatic N) is 2. The molecule has 0 saturated heterocycles. The Bertz CT molecular complexity index is 996. The molecule has 11 heteroatoms. The number of aromatic nitrogens is 1. The van der Waals surface area contributed by atoms with Crippen LogP contribution in [0.1, 0.15) is 22.7 Å². The third-order valence-electron chi connectivity index (χ3n) is 4.83. The summed E-state index contributed by atoms with van der Waals surface area (Å²) < 4.78 is 48.2. The molecule has 8 nitrogen and oxygen atoms in total. The molecule has 0 bridgehead atoms. The van der Waals surface area contributed by atoms with E-state index in [0.717, 1.165) is 0 Å². The minimum absolute atomic E-state index is 0.0713. The van der Waals surface area contributed by atoms with Crippen LogP contribution in [0, 0.1) is 6.92 Å². The van der Waals surface area contributed by atoms with Crippen LogP contribution in [-0.2, 0) is 16.0 Å². The van der Waals surface area contributed by atoms with Crippen LogP contribution in [0.25, 0.3) is 0 Å². The third-order valence-corrected chi connectivity index (χ3v) is 4.83. The molecule has 1 unspecified atom stereocenters. The number of alkyl halides is 3. The Morgan fingerprint density at radius 1 is 1.28 bits per heavy atom. The molecule has 1 atom stereocenters. The lowest BCUT2D eigenvalue weighted by atomic mass is 10.0. The van der Waals surface area contributed by atoms with E-state index in [9.17, 15) is 22.8 Å². The van der Waals surface area contributed by atoms with Gasteiger partial charge >= 0.3 is 12.2 Å². The molecule has 0 radical (unpaired) electrons. The summed E-state index contributed by atoms with van der Waals surface area (Å²) in [6.45, 7) is 1.57. The van der Waals surface area contributed by atoms with E-state index >= 15 is 0 Å². The highest BCUT2D eigenvalue weighted by Crippen LogP contribution is 2.32. The lowest BCUT2D eigenvalue weighted by molar-refractivity contribution is -0.127. The van der Waals surface area contributed by atoms with Crippen molar-refractivity contribution in [1.82, 2.24) is 10.3 Å². The van der Waals surface area contributed by atoms with Crippen molar-refractivity contribution in [2.24, 2.45) is 0 Å². The van der Waals surface area contributed by atoms with Gasteiger partial charge in [-0.3, -0.25) is 9.69 Å². The fourth-order valence-electron chi connectivity index (χ4n) is 3.38. The van der Waals surface area contributed by atoms with Crippen molar-refractivity contribution in [3.63, 3.8) is 0 Å². The van der Waals surface area contributed by atoms with Gasteiger partial charge in [0, 0.05) is 12.7 Å². The number of pyridine rings is 1. The summed E-state index contributed by atoms with van der Waals surface area (Å²) in [5.41, 5.74) is 1.72. The number of hydrogen-bond donors (Lipinski definition) is 2. The number of hydrogen-bond acceptors (Lipinski definition) is 5. The van der Waals surface area contributed by atoms with Gasteiger partial charge in [-0.15, -0.1) is 0 Å². The fraction of sp³-hybridized carbons (Fsp3) is 0.381. The van der Waals surface area contributed by atoms with Gasteiger partial charge < -0.3 is 20.1 Å². The highest BCUT2D eigenvalue weighted by Gasteiger charge is 2.31. The molecule has 3 amide bonds. The summed E-state index contributed by atoms with van der Waals surface area (Å²) in [5, 5.41) is 5.44. The summed E-state index contributed by atoms with van der Waals surface area (Å²) in [5.74, 6) is 0.145. The van der Waals surface area contributed by atoms with Crippen LogP contribution in [0.3, 0.4) is 0 Å². The number of amides is 3. The van der Waals surface area contributed by atoms with Crippen LogP contribution in [-0.4, -0.2) is 50.5 Å². The normalized spacial score (nSPS) is 14.4. The molecule has 1 aliphatic rings. The summed E-state index contributed by atoms with van der Waals surface area (Å²) >= 11 is 0. The van der Waals surface area contributed by atoms with Crippen LogP contribution in [0.15, 0.2) is 30.3 Å². The first-order chi connectivity index (χ1) is 15.1. The smallest absolute Gasteiger partial charge is 0.393 e. The number of benzene rings is 1. The van der Waals surface area contributed by atoms with Crippen LogP contribution >= 0.6 is 0 Å². The topological polar surface area (TPSA) is 92.8 Å². The number of fused-ring (bicyclic) bond motifs is 1. The molecule has 3 rings (SSSR count). The van der Waals surface area contributed by atoms with Gasteiger partial charge in [0.25, 0.3) is 0 Å². The van der Waals surface area contributed by atoms with Gasteiger partial charge in [-0.05, 0) is 24.1 Å². The second-order valence-corrected chi connectivity index (χ2v) is 7.31. The molecule has 32 heavy (non-hydrogen) atoms.